The topological polar surface area (TPSA) is 192 Å². The average molecular weight is 936 g/mol. The Hall–Kier alpha value is -5.78. The van der Waals surface area contributed by atoms with Gasteiger partial charge in [-0.15, -0.1) is 0 Å². The highest BCUT2D eigenvalue weighted by Crippen LogP contribution is 2.49. The number of carbonyl (C=O) groups is 1. The minimum absolute atomic E-state index is 0.0364. The Morgan fingerprint density at radius 3 is 2.52 bits per heavy atom. The van der Waals surface area contributed by atoms with E-state index in [4.69, 9.17) is 9.47 Å². The van der Waals surface area contributed by atoms with Crippen LogP contribution in [0.3, 0.4) is 0 Å². The van der Waals surface area contributed by atoms with E-state index in [0.717, 1.165) is 56.8 Å². The first-order valence-corrected chi connectivity index (χ1v) is 25.1. The van der Waals surface area contributed by atoms with Gasteiger partial charge in [-0.3, -0.25) is 19.8 Å². The molecule has 354 valence electrons. The van der Waals surface area contributed by atoms with Crippen LogP contribution >= 0.6 is 0 Å². The average Bonchev–Trinajstić information content (AvgIpc) is 3.97. The number of sulfonamides is 1. The first-order valence-electron chi connectivity index (χ1n) is 23.6. The number of amides is 1. The summed E-state index contributed by atoms with van der Waals surface area (Å²) in [7, 11) is -4.74. The highest BCUT2D eigenvalue weighted by Gasteiger charge is 2.49. The van der Waals surface area contributed by atoms with Gasteiger partial charge in [-0.1, -0.05) is 44.5 Å². The van der Waals surface area contributed by atoms with E-state index in [0.29, 0.717) is 54.6 Å². The van der Waals surface area contributed by atoms with E-state index < -0.39 is 43.0 Å². The Morgan fingerprint density at radius 1 is 1.01 bits per heavy atom. The van der Waals surface area contributed by atoms with E-state index in [1.807, 2.05) is 0 Å². The van der Waals surface area contributed by atoms with Crippen LogP contribution in [0.15, 0.2) is 77.8 Å². The zero-order chi connectivity index (χ0) is 46.8. The molecule has 10 rings (SSSR count). The number of ether oxygens (including phenoxy) is 2. The summed E-state index contributed by atoms with van der Waals surface area (Å²) < 4.78 is 57.5. The van der Waals surface area contributed by atoms with Gasteiger partial charge in [0, 0.05) is 67.7 Å². The molecule has 0 unspecified atom stereocenters. The second-order valence-corrected chi connectivity index (χ2v) is 21.8. The lowest BCUT2D eigenvalue weighted by Crippen LogP contribution is -2.63. The molecule has 2 saturated heterocycles. The Kier molecular flexibility index (Phi) is 11.7. The number of nitrogens with one attached hydrogen (secondary N) is 3. The van der Waals surface area contributed by atoms with Gasteiger partial charge in [0.25, 0.3) is 27.6 Å². The smallest absolute Gasteiger partial charge is 0.297 e. The summed E-state index contributed by atoms with van der Waals surface area (Å²) in [5.41, 5.74) is 2.76. The van der Waals surface area contributed by atoms with Crippen LogP contribution in [0, 0.1) is 27.4 Å². The number of rotatable bonds is 11. The normalized spacial score (nSPS) is 25.0. The van der Waals surface area contributed by atoms with Crippen LogP contribution in [0.1, 0.15) is 112 Å². The number of hydrogen-bond donors (Lipinski definition) is 4. The Bertz CT molecular complexity index is 2830. The SMILES string of the molecule is CC(C)c1ccccc1[C@@H]1CCC[C@@H]1N1CC2(CCN(c3ccc(C(=O)NS(=O)(=O)c4cc5c(c([N+](=O)[O-])c4)N[C@@H]([C@H]4CC[C@](C)(O)CC4)CO5)c(Oc4cc5cc[nH]c5nc4F)c3)CC2)C1. The summed E-state index contributed by atoms with van der Waals surface area (Å²) in [5.74, 6) is -1.30. The third-order valence-corrected chi connectivity index (χ3v) is 16.6. The first kappa shape index (κ1) is 45.0. The summed E-state index contributed by atoms with van der Waals surface area (Å²) in [4.78, 5) is 37.0. The summed E-state index contributed by atoms with van der Waals surface area (Å²) >= 11 is 0. The van der Waals surface area contributed by atoms with Crippen LogP contribution in [0.25, 0.3) is 11.0 Å². The molecule has 5 heterocycles. The molecule has 5 aliphatic rings. The van der Waals surface area contributed by atoms with Gasteiger partial charge >= 0.3 is 0 Å². The van der Waals surface area contributed by atoms with Crippen LogP contribution in [0.5, 0.6) is 17.2 Å². The molecule has 2 aliphatic carbocycles. The van der Waals surface area contributed by atoms with E-state index in [1.54, 1.807) is 31.3 Å². The number of nitro benzene ring substituents is 1. The van der Waals surface area contributed by atoms with Crippen molar-refractivity contribution < 1.29 is 37.1 Å². The summed E-state index contributed by atoms with van der Waals surface area (Å²) in [6.45, 7) is 10.1. The molecule has 2 saturated carbocycles. The van der Waals surface area contributed by atoms with E-state index in [1.165, 1.54) is 42.5 Å². The quantitative estimate of drug-likeness (QED) is 0.0559. The Morgan fingerprint density at radius 2 is 1.78 bits per heavy atom. The van der Waals surface area contributed by atoms with Gasteiger partial charge in [-0.2, -0.15) is 9.37 Å². The molecule has 67 heavy (non-hydrogen) atoms. The fourth-order valence-corrected chi connectivity index (χ4v) is 12.5. The maximum absolute atomic E-state index is 15.5. The van der Waals surface area contributed by atoms with Gasteiger partial charge in [0.05, 0.1) is 27.0 Å². The number of nitrogens with zero attached hydrogens (tertiary/aromatic N) is 4. The zero-order valence-corrected chi connectivity index (χ0v) is 38.9. The number of benzene rings is 3. The molecule has 2 aromatic heterocycles. The van der Waals surface area contributed by atoms with Gasteiger partial charge in [0.2, 0.25) is 0 Å². The highest BCUT2D eigenvalue weighted by atomic mass is 32.2. The molecule has 1 amide bonds. The monoisotopic (exact) mass is 935 g/mol. The van der Waals surface area contributed by atoms with Crippen LogP contribution < -0.4 is 24.4 Å². The van der Waals surface area contributed by atoms with Crippen molar-refractivity contribution in [1.82, 2.24) is 19.6 Å². The van der Waals surface area contributed by atoms with Gasteiger partial charge in [0.15, 0.2) is 17.2 Å². The number of fused-ring (bicyclic) bond motifs is 2. The van der Waals surface area contributed by atoms with Crippen molar-refractivity contribution in [2.75, 3.05) is 43.0 Å². The number of halogens is 1. The lowest BCUT2D eigenvalue weighted by Gasteiger charge is -2.57. The van der Waals surface area contributed by atoms with Crippen LogP contribution in [0.4, 0.5) is 21.5 Å². The van der Waals surface area contributed by atoms with Crippen molar-refractivity contribution in [2.24, 2.45) is 11.3 Å². The molecule has 3 aliphatic heterocycles. The molecule has 4 N–H and O–H groups in total. The zero-order valence-electron chi connectivity index (χ0n) is 38.1. The third kappa shape index (κ3) is 8.81. The van der Waals surface area contributed by atoms with Gasteiger partial charge in [0.1, 0.15) is 18.0 Å². The molecule has 17 heteroatoms. The molecule has 0 radical (unpaired) electrons. The lowest BCUT2D eigenvalue weighted by molar-refractivity contribution is -0.384. The van der Waals surface area contributed by atoms with Crippen molar-refractivity contribution in [1.29, 1.82) is 0 Å². The summed E-state index contributed by atoms with van der Waals surface area (Å²) in [6, 6.07) is 19.2. The predicted molar refractivity (Wildman–Crippen MR) is 252 cm³/mol. The first-order chi connectivity index (χ1) is 32.1. The number of aromatic amines is 1. The molecule has 1 spiro atoms. The fourth-order valence-electron chi connectivity index (χ4n) is 11.5. The lowest BCUT2D eigenvalue weighted by atomic mass is 9.70. The molecule has 5 aromatic rings. The fraction of sp³-hybridized carbons (Fsp3) is 0.480. The minimum Gasteiger partial charge on any atom is -0.489 e. The number of carbonyl (C=O) groups excluding carboxylic acids is 1. The maximum atomic E-state index is 15.5. The molecule has 0 bridgehead atoms. The van der Waals surface area contributed by atoms with Crippen LogP contribution in [-0.4, -0.2) is 89.7 Å². The number of likely N-dealkylation sites (tertiary alicyclic amines) is 1. The number of aliphatic hydroxyl groups is 1. The minimum atomic E-state index is -4.74. The largest absolute Gasteiger partial charge is 0.489 e. The Labute approximate surface area is 389 Å². The number of piperidine rings is 1. The molecule has 15 nitrogen and oxygen atoms in total. The molecule has 3 aromatic carbocycles. The number of pyridine rings is 1. The molecule has 4 fully saturated rings. The van der Waals surface area contributed by atoms with Gasteiger partial charge < -0.3 is 29.8 Å². The summed E-state index contributed by atoms with van der Waals surface area (Å²) in [6.07, 6.45) is 9.77. The summed E-state index contributed by atoms with van der Waals surface area (Å²) in [5, 5.41) is 26.6. The van der Waals surface area contributed by atoms with Crippen molar-refractivity contribution in [3.8, 4) is 17.2 Å². The number of nitro groups is 1. The second-order valence-electron chi connectivity index (χ2n) is 20.2. The van der Waals surface area contributed by atoms with E-state index in [9.17, 15) is 28.4 Å². The Balaban J connectivity index is 0.866. The predicted octanol–water partition coefficient (Wildman–Crippen LogP) is 9.00. The number of aromatic nitrogens is 2. The van der Waals surface area contributed by atoms with E-state index >= 15 is 4.39 Å². The van der Waals surface area contributed by atoms with Crippen molar-refractivity contribution >= 4 is 44.0 Å². The van der Waals surface area contributed by atoms with Crippen molar-refractivity contribution in [2.45, 2.75) is 113 Å². The van der Waals surface area contributed by atoms with Crippen molar-refractivity contribution in [3.05, 3.63) is 106 Å². The standard InChI is InChI=1S/C50H58FN7O8S/c1-30(2)35-7-4-5-8-36(35)37-9-6-10-40(37)57-28-50(29-57)18-21-56(22-19-50)33-11-12-38(42(24-33)66-44-23-32-15-20-52-47(32)54-46(44)51)48(59)55-67(63,64)34-25-41(58(61)62)45-43(26-34)65-27-39(53-45)31-13-16-49(3,60)17-14-31/h4-5,7-8,11-12,15,20,23-26,30-31,37,39-40,53,60H,6,9-10,13-14,16-19,21-22,27-29H2,1-3H3,(H,52,54)(H,55,59)/t31-,37-,39+,40-,49-/m0/s1. The van der Waals surface area contributed by atoms with Gasteiger partial charge in [-0.25, -0.2) is 13.1 Å². The van der Waals surface area contributed by atoms with E-state index in [-0.39, 0.29) is 52.5 Å². The van der Waals surface area contributed by atoms with E-state index in [2.05, 4.69) is 67.9 Å². The molecular weight excluding hydrogens is 878 g/mol. The molecular formula is C50H58FN7O8S. The van der Waals surface area contributed by atoms with Crippen LogP contribution in [0.2, 0.25) is 0 Å². The van der Waals surface area contributed by atoms with Crippen molar-refractivity contribution in [3.63, 3.8) is 0 Å². The second kappa shape index (κ2) is 17.4. The number of hydrogen-bond acceptors (Lipinski definition) is 12. The highest BCUT2D eigenvalue weighted by molar-refractivity contribution is 7.90. The molecule has 3 atom stereocenters. The number of anilines is 2. The van der Waals surface area contributed by atoms with Crippen LogP contribution in [-0.2, 0) is 10.0 Å². The maximum Gasteiger partial charge on any atom is 0.297 e. The van der Waals surface area contributed by atoms with Gasteiger partial charge in [-0.05, 0) is 117 Å². The third-order valence-electron chi connectivity index (χ3n) is 15.3. The number of H-pyrrole nitrogens is 1.